The fourth-order valence-corrected chi connectivity index (χ4v) is 2.61. The van der Waals surface area contributed by atoms with E-state index in [1.165, 1.54) is 0 Å². The van der Waals surface area contributed by atoms with Gasteiger partial charge >= 0.3 is 0 Å². The Hall–Kier alpha value is -2.51. The van der Waals surface area contributed by atoms with Gasteiger partial charge in [0.15, 0.2) is 0 Å². The van der Waals surface area contributed by atoms with Crippen LogP contribution in [0.3, 0.4) is 0 Å². The van der Waals surface area contributed by atoms with Gasteiger partial charge in [-0.15, -0.1) is 6.42 Å². The molecule has 1 heterocycles. The Balaban J connectivity index is 2.07. The highest BCUT2D eigenvalue weighted by molar-refractivity contribution is 5.81. The molecular weight excluding hydrogens is 278 g/mol. The molecule has 4 heteroatoms. The summed E-state index contributed by atoms with van der Waals surface area (Å²) < 4.78 is 11.5. The Bertz CT molecular complexity index is 857. The summed E-state index contributed by atoms with van der Waals surface area (Å²) in [4.78, 5) is 11.7. The summed E-state index contributed by atoms with van der Waals surface area (Å²) in [6.07, 6.45) is 9.25. The molecule has 1 aliphatic rings. The molecule has 1 aliphatic carbocycles. The van der Waals surface area contributed by atoms with Crippen LogP contribution < -0.4 is 16.0 Å². The number of fused-ring (bicyclic) bond motifs is 3. The number of para-hydroxylation sites is 1. The van der Waals surface area contributed by atoms with Crippen molar-refractivity contribution in [2.24, 2.45) is 0 Å². The van der Waals surface area contributed by atoms with E-state index in [9.17, 15) is 4.79 Å². The highest BCUT2D eigenvalue weighted by Crippen LogP contribution is 2.12. The molecule has 0 spiro atoms. The van der Waals surface area contributed by atoms with E-state index in [2.05, 4.69) is 11.2 Å². The number of hydrogen-bond donors (Lipinski definition) is 1. The first-order valence-corrected chi connectivity index (χ1v) is 7.28. The Morgan fingerprint density at radius 2 is 2.23 bits per heavy atom. The number of rotatable bonds is 4. The molecule has 1 N–H and O–H groups in total. The zero-order chi connectivity index (χ0) is 15.5. The molecule has 4 nitrogen and oxygen atoms in total. The number of carbonyl (C=O) groups is 1. The Labute approximate surface area is 128 Å². The van der Waals surface area contributed by atoms with Crippen molar-refractivity contribution in [2.45, 2.75) is 25.5 Å². The summed E-state index contributed by atoms with van der Waals surface area (Å²) in [7, 11) is 0. The van der Waals surface area contributed by atoms with Crippen molar-refractivity contribution in [3.8, 4) is 12.3 Å². The summed E-state index contributed by atoms with van der Waals surface area (Å²) in [5.74, 6) is 2.43. The smallest absolute Gasteiger partial charge is 0.220 e. The van der Waals surface area contributed by atoms with Crippen LogP contribution in [0.4, 0.5) is 0 Å². The third-order valence-corrected chi connectivity index (χ3v) is 3.69. The van der Waals surface area contributed by atoms with E-state index >= 15 is 0 Å². The molecule has 22 heavy (non-hydrogen) atoms. The summed E-state index contributed by atoms with van der Waals surface area (Å²) in [6.45, 7) is 2.00. The predicted octanol–water partition coefficient (Wildman–Crippen LogP) is 0.921. The van der Waals surface area contributed by atoms with Gasteiger partial charge in [-0.2, -0.15) is 0 Å². The van der Waals surface area contributed by atoms with Crippen molar-refractivity contribution < 1.29 is 13.9 Å². The second-order valence-electron chi connectivity index (χ2n) is 5.14. The van der Waals surface area contributed by atoms with Gasteiger partial charge in [0.25, 0.3) is 0 Å². The van der Waals surface area contributed by atoms with E-state index in [-0.39, 0.29) is 24.7 Å². The zero-order valence-electron chi connectivity index (χ0n) is 12.3. The van der Waals surface area contributed by atoms with Gasteiger partial charge in [-0.05, 0) is 18.2 Å². The van der Waals surface area contributed by atoms with Gasteiger partial charge in [0, 0.05) is 17.0 Å². The van der Waals surface area contributed by atoms with Crippen molar-refractivity contribution in [3.63, 3.8) is 0 Å². The van der Waals surface area contributed by atoms with E-state index in [4.69, 9.17) is 15.6 Å². The fraction of sp³-hybridized carbons (Fsp3) is 0.278. The van der Waals surface area contributed by atoms with E-state index in [0.717, 1.165) is 21.6 Å². The minimum absolute atomic E-state index is 0.0384. The van der Waals surface area contributed by atoms with Gasteiger partial charge in [-0.3, -0.25) is 4.79 Å². The first-order chi connectivity index (χ1) is 10.7. The average molecular weight is 295 g/mol. The molecule has 3 rings (SSSR count). The number of ether oxygens (including phenoxy) is 1. The first kappa shape index (κ1) is 14.4. The quantitative estimate of drug-likeness (QED) is 0.854. The number of benzene rings is 1. The van der Waals surface area contributed by atoms with Crippen LogP contribution in [0, 0.1) is 12.3 Å². The molecule has 2 atom stereocenters. The molecule has 1 amide bonds. The lowest BCUT2D eigenvalue weighted by atomic mass is 10.0. The minimum atomic E-state index is -0.306. The van der Waals surface area contributed by atoms with Crippen LogP contribution in [0.15, 0.2) is 28.7 Å². The van der Waals surface area contributed by atoms with E-state index < -0.39 is 0 Å². The standard InChI is InChI=1S/C18H17NO3/c1-3-9-21-17-10-13-12-7-5-6-8-15(12)22-16(13)11-14(17)19-18(20)4-2/h1,5-8,10-11,14,17H,4,9H2,2H3,(H,19,20). The van der Waals surface area contributed by atoms with Gasteiger partial charge in [0.1, 0.15) is 23.7 Å². The number of terminal acetylenes is 1. The first-order valence-electron chi connectivity index (χ1n) is 7.28. The lowest BCUT2D eigenvalue weighted by Crippen LogP contribution is -2.47. The van der Waals surface area contributed by atoms with Crippen LogP contribution in [0.2, 0.25) is 0 Å². The summed E-state index contributed by atoms with van der Waals surface area (Å²) in [6, 6.07) is 7.54. The molecule has 0 saturated carbocycles. The Morgan fingerprint density at radius 3 is 3.00 bits per heavy atom. The van der Waals surface area contributed by atoms with Gasteiger partial charge < -0.3 is 14.5 Å². The molecule has 1 aromatic heterocycles. The van der Waals surface area contributed by atoms with Crippen LogP contribution in [-0.2, 0) is 9.53 Å². The number of carbonyl (C=O) groups excluding carboxylic acids is 1. The van der Waals surface area contributed by atoms with Crippen LogP contribution in [0.5, 0.6) is 0 Å². The number of amides is 1. The average Bonchev–Trinajstić information content (AvgIpc) is 2.89. The van der Waals surface area contributed by atoms with Crippen molar-refractivity contribution in [1.29, 1.82) is 0 Å². The summed E-state index contributed by atoms with van der Waals surface area (Å²) in [5, 5.41) is 4.95. The van der Waals surface area contributed by atoms with Gasteiger partial charge in [-0.25, -0.2) is 0 Å². The maximum Gasteiger partial charge on any atom is 0.220 e. The number of furan rings is 1. The highest BCUT2D eigenvalue weighted by atomic mass is 16.5. The molecule has 0 bridgehead atoms. The van der Waals surface area contributed by atoms with Crippen LogP contribution in [0.25, 0.3) is 23.1 Å². The second-order valence-corrected chi connectivity index (χ2v) is 5.14. The van der Waals surface area contributed by atoms with E-state index in [0.29, 0.717) is 6.42 Å². The van der Waals surface area contributed by atoms with Crippen LogP contribution in [0.1, 0.15) is 13.3 Å². The monoisotopic (exact) mass is 295 g/mol. The highest BCUT2D eigenvalue weighted by Gasteiger charge is 2.24. The van der Waals surface area contributed by atoms with Crippen LogP contribution >= 0.6 is 0 Å². The molecule has 0 saturated heterocycles. The van der Waals surface area contributed by atoms with Crippen LogP contribution in [-0.4, -0.2) is 24.7 Å². The third kappa shape index (κ3) is 2.63. The molecule has 2 aromatic rings. The van der Waals surface area contributed by atoms with Gasteiger partial charge in [0.2, 0.25) is 5.91 Å². The molecular formula is C18H17NO3. The topological polar surface area (TPSA) is 51.5 Å². The van der Waals surface area contributed by atoms with Gasteiger partial charge in [-0.1, -0.05) is 31.0 Å². The number of hydrogen-bond acceptors (Lipinski definition) is 3. The SMILES string of the molecule is C#CCOC1C=c2c(oc3ccccc23)=CC1NC(=O)CC. The second kappa shape index (κ2) is 6.08. The minimum Gasteiger partial charge on any atom is -0.456 e. The Kier molecular flexibility index (Phi) is 3.99. The maximum absolute atomic E-state index is 11.7. The molecule has 2 unspecified atom stereocenters. The third-order valence-electron chi connectivity index (χ3n) is 3.69. The van der Waals surface area contributed by atoms with Crippen molar-refractivity contribution in [3.05, 3.63) is 34.9 Å². The Morgan fingerprint density at radius 1 is 1.41 bits per heavy atom. The largest absolute Gasteiger partial charge is 0.456 e. The number of nitrogens with one attached hydrogen (secondary N) is 1. The zero-order valence-corrected chi connectivity index (χ0v) is 12.3. The van der Waals surface area contributed by atoms with Gasteiger partial charge in [0.05, 0.1) is 6.04 Å². The van der Waals surface area contributed by atoms with Crippen molar-refractivity contribution >= 4 is 29.0 Å². The van der Waals surface area contributed by atoms with Crippen molar-refractivity contribution in [2.75, 3.05) is 6.61 Å². The molecule has 0 radical (unpaired) electrons. The molecule has 1 aromatic carbocycles. The van der Waals surface area contributed by atoms with Crippen molar-refractivity contribution in [1.82, 2.24) is 5.32 Å². The predicted molar refractivity (Wildman–Crippen MR) is 85.2 cm³/mol. The van der Waals surface area contributed by atoms with E-state index in [1.54, 1.807) is 0 Å². The fourth-order valence-electron chi connectivity index (χ4n) is 2.61. The van der Waals surface area contributed by atoms with E-state index in [1.807, 2.05) is 43.3 Å². The summed E-state index contributed by atoms with van der Waals surface area (Å²) in [5.41, 5.74) is 1.57. The normalized spacial score (nSPS) is 19.6. The molecule has 0 aliphatic heterocycles. The lowest BCUT2D eigenvalue weighted by Gasteiger charge is -2.24. The maximum atomic E-state index is 11.7. The lowest BCUT2D eigenvalue weighted by molar-refractivity contribution is -0.121. The summed E-state index contributed by atoms with van der Waals surface area (Å²) >= 11 is 0. The molecule has 112 valence electrons. The molecule has 0 fully saturated rings.